The number of methoxy groups -OCH3 is 1. The Hall–Kier alpha value is -2.42. The molecule has 8 heteroatoms. The van der Waals surface area contributed by atoms with E-state index in [0.29, 0.717) is 25.2 Å². The highest BCUT2D eigenvalue weighted by molar-refractivity contribution is 7.89. The maximum absolute atomic E-state index is 13.4. The smallest absolute Gasteiger partial charge is 0.251 e. The molecule has 0 spiro atoms. The van der Waals surface area contributed by atoms with Crippen molar-refractivity contribution in [2.24, 2.45) is 0 Å². The molecule has 0 aliphatic carbocycles. The Morgan fingerprint density at radius 1 is 1.00 bits per heavy atom. The van der Waals surface area contributed by atoms with Crippen molar-refractivity contribution in [3.05, 3.63) is 59.2 Å². The van der Waals surface area contributed by atoms with Gasteiger partial charge in [0.1, 0.15) is 10.6 Å². The molecule has 186 valence electrons. The molecule has 1 aliphatic heterocycles. The normalized spacial score (nSPS) is 15.2. The molecular formula is C26H37N3O4S. The number of sulfonamides is 1. The maximum Gasteiger partial charge on any atom is 0.251 e. The van der Waals surface area contributed by atoms with Gasteiger partial charge in [0.2, 0.25) is 10.0 Å². The number of hydrogen-bond donors (Lipinski definition) is 1. The summed E-state index contributed by atoms with van der Waals surface area (Å²) < 4.78 is 33.6. The Balaban J connectivity index is 1.79. The Labute approximate surface area is 204 Å². The van der Waals surface area contributed by atoms with Gasteiger partial charge in [-0.3, -0.25) is 9.69 Å². The van der Waals surface area contributed by atoms with Gasteiger partial charge in [0.15, 0.2) is 0 Å². The standard InChI is InChI=1S/C26H37N3O4S/c1-4-28(5-2)20-23-13-9-8-12-22(23)19-27-26(30)21-14-15-24(33-3)25(18-21)34(31,32)29-16-10-6-7-11-17-29/h8-9,12-15,18H,4-7,10-11,16-17,19-20H2,1-3H3,(H,27,30). The fourth-order valence-corrected chi connectivity index (χ4v) is 5.99. The summed E-state index contributed by atoms with van der Waals surface area (Å²) in [5.74, 6) is -0.0574. The van der Waals surface area contributed by atoms with Crippen LogP contribution in [0, 0.1) is 0 Å². The van der Waals surface area contributed by atoms with Gasteiger partial charge in [-0.2, -0.15) is 4.31 Å². The summed E-state index contributed by atoms with van der Waals surface area (Å²) in [6, 6.07) is 12.7. The summed E-state index contributed by atoms with van der Waals surface area (Å²) >= 11 is 0. The van der Waals surface area contributed by atoms with Crippen LogP contribution in [0.1, 0.15) is 61.0 Å². The minimum atomic E-state index is -3.75. The molecule has 1 saturated heterocycles. The van der Waals surface area contributed by atoms with Crippen molar-refractivity contribution in [2.45, 2.75) is 57.5 Å². The number of ether oxygens (including phenoxy) is 1. The van der Waals surface area contributed by atoms with Crippen LogP contribution in [-0.2, 0) is 23.1 Å². The summed E-state index contributed by atoms with van der Waals surface area (Å²) in [5, 5.41) is 2.96. The highest BCUT2D eigenvalue weighted by Crippen LogP contribution is 2.29. The zero-order valence-corrected chi connectivity index (χ0v) is 21.4. The summed E-state index contributed by atoms with van der Waals surface area (Å²) in [5.41, 5.74) is 2.52. The molecule has 0 unspecified atom stereocenters. The lowest BCUT2D eigenvalue weighted by Crippen LogP contribution is -2.32. The van der Waals surface area contributed by atoms with Crippen molar-refractivity contribution < 1.29 is 17.9 Å². The molecule has 1 N–H and O–H groups in total. The molecular weight excluding hydrogens is 450 g/mol. The third-order valence-electron chi connectivity index (χ3n) is 6.45. The van der Waals surface area contributed by atoms with Gasteiger partial charge in [-0.05, 0) is 55.3 Å². The van der Waals surface area contributed by atoms with Crippen molar-refractivity contribution in [3.8, 4) is 5.75 Å². The van der Waals surface area contributed by atoms with Crippen LogP contribution >= 0.6 is 0 Å². The average Bonchev–Trinajstić information content (AvgIpc) is 3.16. The lowest BCUT2D eigenvalue weighted by atomic mass is 10.1. The third kappa shape index (κ3) is 6.37. The van der Waals surface area contributed by atoms with Crippen LogP contribution in [0.5, 0.6) is 5.75 Å². The number of benzene rings is 2. The lowest BCUT2D eigenvalue weighted by molar-refractivity contribution is 0.0950. The van der Waals surface area contributed by atoms with E-state index in [1.165, 1.54) is 23.0 Å². The van der Waals surface area contributed by atoms with Crippen LogP contribution in [-0.4, -0.2) is 56.8 Å². The highest BCUT2D eigenvalue weighted by Gasteiger charge is 2.29. The molecule has 34 heavy (non-hydrogen) atoms. The molecule has 1 heterocycles. The second kappa shape index (κ2) is 12.3. The molecule has 1 amide bonds. The molecule has 1 aliphatic rings. The van der Waals surface area contributed by atoms with Crippen molar-refractivity contribution >= 4 is 15.9 Å². The molecule has 0 bridgehead atoms. The molecule has 2 aromatic carbocycles. The molecule has 1 fully saturated rings. The molecule has 3 rings (SSSR count). The zero-order valence-electron chi connectivity index (χ0n) is 20.5. The number of nitrogens with zero attached hydrogens (tertiary/aromatic N) is 2. The quantitative estimate of drug-likeness (QED) is 0.547. The van der Waals surface area contributed by atoms with E-state index in [4.69, 9.17) is 4.74 Å². The van der Waals surface area contributed by atoms with Gasteiger partial charge in [0, 0.05) is 31.7 Å². The molecule has 0 saturated carbocycles. The fourth-order valence-electron chi connectivity index (χ4n) is 4.29. The van der Waals surface area contributed by atoms with E-state index < -0.39 is 10.0 Å². The second-order valence-corrected chi connectivity index (χ2v) is 10.5. The van der Waals surface area contributed by atoms with Crippen LogP contribution in [0.2, 0.25) is 0 Å². The van der Waals surface area contributed by atoms with Crippen molar-refractivity contribution in [1.82, 2.24) is 14.5 Å². The van der Waals surface area contributed by atoms with E-state index in [-0.39, 0.29) is 16.6 Å². The first-order valence-corrected chi connectivity index (χ1v) is 13.6. The van der Waals surface area contributed by atoms with Gasteiger partial charge in [-0.1, -0.05) is 51.0 Å². The molecule has 7 nitrogen and oxygen atoms in total. The van der Waals surface area contributed by atoms with Crippen LogP contribution in [0.25, 0.3) is 0 Å². The Morgan fingerprint density at radius 2 is 1.65 bits per heavy atom. The van der Waals surface area contributed by atoms with Crippen molar-refractivity contribution in [1.29, 1.82) is 0 Å². The molecule has 0 aromatic heterocycles. The Kier molecular flexibility index (Phi) is 9.50. The van der Waals surface area contributed by atoms with Crippen LogP contribution in [0.3, 0.4) is 0 Å². The first-order valence-electron chi connectivity index (χ1n) is 12.2. The monoisotopic (exact) mass is 487 g/mol. The summed E-state index contributed by atoms with van der Waals surface area (Å²) in [6.07, 6.45) is 3.74. The maximum atomic E-state index is 13.4. The van der Waals surface area contributed by atoms with E-state index in [2.05, 4.69) is 30.1 Å². The first-order chi connectivity index (χ1) is 16.4. The topological polar surface area (TPSA) is 79.0 Å². The van der Waals surface area contributed by atoms with Gasteiger partial charge in [0.05, 0.1) is 7.11 Å². The van der Waals surface area contributed by atoms with Crippen molar-refractivity contribution in [3.63, 3.8) is 0 Å². The number of amides is 1. The number of carbonyl (C=O) groups is 1. The van der Waals surface area contributed by atoms with Gasteiger partial charge in [-0.25, -0.2) is 8.42 Å². The van der Waals surface area contributed by atoms with Crippen LogP contribution in [0.15, 0.2) is 47.4 Å². The summed E-state index contributed by atoms with van der Waals surface area (Å²) in [6.45, 7) is 8.35. The number of nitrogens with one attached hydrogen (secondary N) is 1. The largest absolute Gasteiger partial charge is 0.495 e. The van der Waals surface area contributed by atoms with E-state index in [0.717, 1.165) is 50.9 Å². The highest BCUT2D eigenvalue weighted by atomic mass is 32.2. The van der Waals surface area contributed by atoms with E-state index in [1.807, 2.05) is 18.2 Å². The fraction of sp³-hybridized carbons (Fsp3) is 0.500. The zero-order chi connectivity index (χ0) is 24.6. The third-order valence-corrected chi connectivity index (χ3v) is 8.37. The number of carbonyl (C=O) groups excluding carboxylic acids is 1. The van der Waals surface area contributed by atoms with Gasteiger partial charge >= 0.3 is 0 Å². The predicted molar refractivity (Wildman–Crippen MR) is 134 cm³/mol. The van der Waals surface area contributed by atoms with E-state index in [1.54, 1.807) is 12.1 Å². The Morgan fingerprint density at radius 3 is 2.26 bits per heavy atom. The van der Waals surface area contributed by atoms with Crippen LogP contribution in [0.4, 0.5) is 0 Å². The summed E-state index contributed by atoms with van der Waals surface area (Å²) in [7, 11) is -2.31. The van der Waals surface area contributed by atoms with Gasteiger partial charge in [-0.15, -0.1) is 0 Å². The summed E-state index contributed by atoms with van der Waals surface area (Å²) in [4.78, 5) is 15.4. The SMILES string of the molecule is CCN(CC)Cc1ccccc1CNC(=O)c1ccc(OC)c(S(=O)(=O)N2CCCCCC2)c1. The Bertz CT molecular complexity index is 1060. The van der Waals surface area contributed by atoms with Crippen molar-refractivity contribution in [2.75, 3.05) is 33.3 Å². The molecule has 0 atom stereocenters. The average molecular weight is 488 g/mol. The minimum absolute atomic E-state index is 0.0477. The predicted octanol–water partition coefficient (Wildman–Crippen LogP) is 4.03. The minimum Gasteiger partial charge on any atom is -0.495 e. The van der Waals surface area contributed by atoms with Gasteiger partial charge in [0.25, 0.3) is 5.91 Å². The first kappa shape index (κ1) is 26.2. The molecule has 0 radical (unpaired) electrons. The van der Waals surface area contributed by atoms with Gasteiger partial charge < -0.3 is 10.1 Å². The number of hydrogen-bond acceptors (Lipinski definition) is 5. The van der Waals surface area contributed by atoms with E-state index >= 15 is 0 Å². The molecule has 2 aromatic rings. The van der Waals surface area contributed by atoms with E-state index in [9.17, 15) is 13.2 Å². The second-order valence-electron chi connectivity index (χ2n) is 8.60. The van der Waals surface area contributed by atoms with Crippen LogP contribution < -0.4 is 10.1 Å². The lowest BCUT2D eigenvalue weighted by Gasteiger charge is -2.22. The number of rotatable bonds is 10.